The van der Waals surface area contributed by atoms with Crippen LogP contribution >= 0.6 is 58.8 Å². The Kier molecular flexibility index (Phi) is 12.4. The average Bonchev–Trinajstić information content (AvgIpc) is 3.04. The molecule has 33 heavy (non-hydrogen) atoms. The number of halogens is 5. The zero-order valence-corrected chi connectivity index (χ0v) is 22.1. The number of likely N-dealkylation sites (tertiary alicyclic amines) is 1. The second-order valence-electron chi connectivity index (χ2n) is 8.04. The van der Waals surface area contributed by atoms with Crippen LogP contribution in [0.3, 0.4) is 0 Å². The Labute approximate surface area is 222 Å². The quantitative estimate of drug-likeness (QED) is 0.244. The van der Waals surface area contributed by atoms with Gasteiger partial charge in [-0.05, 0) is 80.4 Å². The summed E-state index contributed by atoms with van der Waals surface area (Å²) in [6.45, 7) is 3.47. The molecule has 1 atom stereocenters. The Morgan fingerprint density at radius 2 is 1.67 bits per heavy atom. The normalized spacial score (nSPS) is 15.6. The van der Waals surface area contributed by atoms with E-state index in [-0.39, 0.29) is 24.9 Å². The number of carbonyl (C=O) groups excluding carboxylic acids is 1. The molecule has 1 fully saturated rings. The topological polar surface area (TPSA) is 29.5 Å². The Hall–Kier alpha value is -0.940. The molecule has 1 saturated heterocycles. The highest BCUT2D eigenvalue weighted by Crippen LogP contribution is 2.29. The van der Waals surface area contributed by atoms with E-state index in [9.17, 15) is 4.79 Å². The van der Waals surface area contributed by atoms with Crippen LogP contribution in [0.25, 0.3) is 6.08 Å². The van der Waals surface area contributed by atoms with Gasteiger partial charge in [0.1, 0.15) is 0 Å². The summed E-state index contributed by atoms with van der Waals surface area (Å²) in [5.41, 5.74) is 1.72. The van der Waals surface area contributed by atoms with Crippen LogP contribution in [0.4, 0.5) is 0 Å². The lowest BCUT2D eigenvalue weighted by Crippen LogP contribution is -2.27. The summed E-state index contributed by atoms with van der Waals surface area (Å²) in [6.07, 6.45) is 8.97. The Bertz CT molecular complexity index is 942. The van der Waals surface area contributed by atoms with E-state index in [1.807, 2.05) is 12.1 Å². The van der Waals surface area contributed by atoms with Crippen molar-refractivity contribution in [3.63, 3.8) is 0 Å². The van der Waals surface area contributed by atoms with E-state index in [2.05, 4.69) is 4.90 Å². The van der Waals surface area contributed by atoms with Crippen LogP contribution in [0, 0.1) is 0 Å². The summed E-state index contributed by atoms with van der Waals surface area (Å²) in [4.78, 5) is 14.9. The van der Waals surface area contributed by atoms with Crippen LogP contribution in [0.2, 0.25) is 20.1 Å². The average molecular weight is 552 g/mol. The van der Waals surface area contributed by atoms with Crippen LogP contribution < -0.4 is 0 Å². The molecule has 1 aliphatic heterocycles. The third kappa shape index (κ3) is 9.32. The SMILES string of the molecule is Cl.O=C(/C=C/c1ccc(Cl)cc1Cl)OCC(CCN1CCCCCC1)c1ccc(Cl)c(Cl)c1. The molecule has 0 saturated carbocycles. The van der Waals surface area contributed by atoms with Crippen LogP contribution in [0.15, 0.2) is 42.5 Å². The zero-order chi connectivity index (χ0) is 22.9. The second-order valence-corrected chi connectivity index (χ2v) is 9.70. The minimum Gasteiger partial charge on any atom is -0.462 e. The maximum Gasteiger partial charge on any atom is 0.330 e. The molecular weight excluding hydrogens is 524 g/mol. The predicted molar refractivity (Wildman–Crippen MR) is 142 cm³/mol. The van der Waals surface area contributed by atoms with Crippen molar-refractivity contribution >= 4 is 70.9 Å². The Morgan fingerprint density at radius 1 is 0.939 bits per heavy atom. The maximum atomic E-state index is 12.4. The fourth-order valence-corrected chi connectivity index (χ4v) is 4.61. The van der Waals surface area contributed by atoms with Crippen molar-refractivity contribution in [1.82, 2.24) is 4.90 Å². The molecule has 3 nitrogen and oxygen atoms in total. The second kappa shape index (κ2) is 14.5. The first-order valence-corrected chi connectivity index (χ1v) is 12.4. The van der Waals surface area contributed by atoms with Gasteiger partial charge in [-0.15, -0.1) is 12.4 Å². The lowest BCUT2D eigenvalue weighted by molar-refractivity contribution is -0.138. The fourth-order valence-electron chi connectivity index (χ4n) is 3.84. The van der Waals surface area contributed by atoms with Crippen molar-refractivity contribution < 1.29 is 9.53 Å². The number of carbonyl (C=O) groups is 1. The van der Waals surface area contributed by atoms with Crippen molar-refractivity contribution in [2.45, 2.75) is 38.0 Å². The highest BCUT2D eigenvalue weighted by atomic mass is 35.5. The summed E-state index contributed by atoms with van der Waals surface area (Å²) in [5.74, 6) is -0.389. The zero-order valence-electron chi connectivity index (χ0n) is 18.2. The van der Waals surface area contributed by atoms with Crippen LogP contribution in [-0.2, 0) is 9.53 Å². The van der Waals surface area contributed by atoms with E-state index in [0.29, 0.717) is 25.7 Å². The van der Waals surface area contributed by atoms with E-state index in [1.54, 1.807) is 30.3 Å². The molecule has 180 valence electrons. The highest BCUT2D eigenvalue weighted by Gasteiger charge is 2.18. The standard InChI is InChI=1S/C25H27Cl4NO2.ClH/c26-21-8-5-18(23(28)16-21)7-10-25(31)32-17-20(19-6-9-22(27)24(29)15-19)11-14-30-12-3-1-2-4-13-30;/h5-10,15-16,20H,1-4,11-14,17H2;1H/b10-7+;. The number of esters is 1. The van der Waals surface area contributed by atoms with Crippen molar-refractivity contribution in [2.24, 2.45) is 0 Å². The largest absolute Gasteiger partial charge is 0.462 e. The number of nitrogens with zero attached hydrogens (tertiary/aromatic N) is 1. The van der Waals surface area contributed by atoms with E-state index in [0.717, 1.165) is 31.6 Å². The van der Waals surface area contributed by atoms with Gasteiger partial charge in [-0.1, -0.05) is 71.4 Å². The molecule has 0 aromatic heterocycles. The van der Waals surface area contributed by atoms with Gasteiger partial charge in [-0.3, -0.25) is 0 Å². The predicted octanol–water partition coefficient (Wildman–Crippen LogP) is 8.33. The monoisotopic (exact) mass is 549 g/mol. The van der Waals surface area contributed by atoms with Crippen molar-refractivity contribution in [1.29, 1.82) is 0 Å². The van der Waals surface area contributed by atoms with Crippen molar-refractivity contribution in [2.75, 3.05) is 26.2 Å². The third-order valence-electron chi connectivity index (χ3n) is 5.70. The molecule has 0 radical (unpaired) electrons. The first-order chi connectivity index (χ1) is 15.4. The van der Waals surface area contributed by atoms with E-state index >= 15 is 0 Å². The van der Waals surface area contributed by atoms with Crippen LogP contribution in [0.5, 0.6) is 0 Å². The van der Waals surface area contributed by atoms with E-state index in [1.165, 1.54) is 31.8 Å². The summed E-state index contributed by atoms with van der Waals surface area (Å²) < 4.78 is 5.59. The van der Waals surface area contributed by atoms with Gasteiger partial charge in [0.05, 0.1) is 16.7 Å². The minimum absolute atomic E-state index is 0. The summed E-state index contributed by atoms with van der Waals surface area (Å²) >= 11 is 24.4. The summed E-state index contributed by atoms with van der Waals surface area (Å²) in [7, 11) is 0. The first kappa shape index (κ1) is 28.3. The smallest absolute Gasteiger partial charge is 0.330 e. The number of benzene rings is 2. The van der Waals surface area contributed by atoms with Crippen molar-refractivity contribution in [3.8, 4) is 0 Å². The number of ether oxygens (including phenoxy) is 1. The molecule has 3 rings (SSSR count). The van der Waals surface area contributed by atoms with Crippen LogP contribution in [-0.4, -0.2) is 37.1 Å². The van der Waals surface area contributed by atoms with E-state index in [4.69, 9.17) is 51.1 Å². The molecule has 1 heterocycles. The van der Waals surface area contributed by atoms with E-state index < -0.39 is 5.97 Å². The number of hydrogen-bond acceptors (Lipinski definition) is 3. The maximum absolute atomic E-state index is 12.4. The first-order valence-electron chi connectivity index (χ1n) is 10.9. The van der Waals surface area contributed by atoms with Crippen molar-refractivity contribution in [3.05, 3.63) is 73.7 Å². The summed E-state index contributed by atoms with van der Waals surface area (Å²) in [5, 5.41) is 2.05. The molecule has 8 heteroatoms. The molecule has 0 bridgehead atoms. The molecular formula is C25H28Cl5NO2. The van der Waals surface area contributed by atoms with Gasteiger partial charge < -0.3 is 9.64 Å². The van der Waals surface area contributed by atoms with Gasteiger partial charge >= 0.3 is 5.97 Å². The minimum atomic E-state index is -0.421. The lowest BCUT2D eigenvalue weighted by Gasteiger charge is -2.24. The fraction of sp³-hybridized carbons (Fsp3) is 0.400. The van der Waals surface area contributed by atoms with Gasteiger partial charge in [0, 0.05) is 22.0 Å². The molecule has 1 aliphatic rings. The van der Waals surface area contributed by atoms with Crippen LogP contribution in [0.1, 0.15) is 49.1 Å². The Balaban J connectivity index is 0.00000385. The molecule has 1 unspecified atom stereocenters. The van der Waals surface area contributed by atoms with Gasteiger partial charge in [-0.2, -0.15) is 0 Å². The molecule has 0 aliphatic carbocycles. The van der Waals surface area contributed by atoms with Gasteiger partial charge in [0.25, 0.3) is 0 Å². The van der Waals surface area contributed by atoms with Gasteiger partial charge in [0.15, 0.2) is 0 Å². The number of rotatable bonds is 8. The molecule has 0 amide bonds. The van der Waals surface area contributed by atoms with Gasteiger partial charge in [0.2, 0.25) is 0 Å². The number of hydrogen-bond donors (Lipinski definition) is 0. The highest BCUT2D eigenvalue weighted by molar-refractivity contribution is 6.42. The lowest BCUT2D eigenvalue weighted by atomic mass is 9.96. The Morgan fingerprint density at radius 3 is 2.33 bits per heavy atom. The molecule has 2 aromatic rings. The third-order valence-corrected chi connectivity index (χ3v) is 7.00. The molecule has 0 spiro atoms. The van der Waals surface area contributed by atoms with Gasteiger partial charge in [-0.25, -0.2) is 4.79 Å². The molecule has 0 N–H and O–H groups in total. The molecule has 2 aromatic carbocycles. The summed E-state index contributed by atoms with van der Waals surface area (Å²) in [6, 6.07) is 10.7.